The Bertz CT molecular complexity index is 1110. The van der Waals surface area contributed by atoms with Gasteiger partial charge in [-0.25, -0.2) is 0 Å². The van der Waals surface area contributed by atoms with Crippen LogP contribution in [0.2, 0.25) is 0 Å². The first-order chi connectivity index (χ1) is 16.7. The standard InChI is InChI=1S/C28H34O8/c1-7-9-11-13-16(29)18-20-21(28(6)22(31)15(3)24(33)36-28)19(17(30)14-12-10-8-2)26(4,23(18)32)25(34)27(20,5)35/h7-11,13,15,18-21,35H,12,14H2,1-6H3/b9-7+,10-8+,13-11+/t15?,18?,19-,20-,21-,26+,27+,28-/m1/s1. The zero-order valence-electron chi connectivity index (χ0n) is 21.6. The molecule has 0 spiro atoms. The molecule has 0 aromatic carbocycles. The highest BCUT2D eigenvalue weighted by Crippen LogP contribution is 2.63. The van der Waals surface area contributed by atoms with E-state index in [0.717, 1.165) is 0 Å². The van der Waals surface area contributed by atoms with Crippen LogP contribution in [0.15, 0.2) is 36.5 Å². The summed E-state index contributed by atoms with van der Waals surface area (Å²) in [5.41, 5.74) is -6.20. The highest BCUT2D eigenvalue weighted by molar-refractivity contribution is 6.24. The van der Waals surface area contributed by atoms with E-state index in [-0.39, 0.29) is 6.42 Å². The molecule has 2 unspecified atom stereocenters. The van der Waals surface area contributed by atoms with Gasteiger partial charge in [0, 0.05) is 24.2 Å². The maximum absolute atomic E-state index is 13.8. The number of hydrogen-bond donors (Lipinski definition) is 1. The van der Waals surface area contributed by atoms with E-state index >= 15 is 0 Å². The van der Waals surface area contributed by atoms with Gasteiger partial charge < -0.3 is 9.84 Å². The number of cyclic esters (lactones) is 1. The summed E-state index contributed by atoms with van der Waals surface area (Å²) in [6.45, 7) is 8.77. The van der Waals surface area contributed by atoms with Gasteiger partial charge in [-0.3, -0.25) is 28.8 Å². The van der Waals surface area contributed by atoms with Gasteiger partial charge in [-0.05, 0) is 54.0 Å². The van der Waals surface area contributed by atoms with E-state index < -0.39 is 81.1 Å². The topological polar surface area (TPSA) is 132 Å². The average molecular weight is 499 g/mol. The van der Waals surface area contributed by atoms with E-state index in [1.165, 1.54) is 39.8 Å². The Kier molecular flexibility index (Phi) is 7.25. The summed E-state index contributed by atoms with van der Waals surface area (Å²) < 4.78 is 5.58. The van der Waals surface area contributed by atoms with Gasteiger partial charge in [0.1, 0.15) is 17.3 Å². The van der Waals surface area contributed by atoms with Gasteiger partial charge in [0.15, 0.2) is 28.7 Å². The lowest BCUT2D eigenvalue weighted by Crippen LogP contribution is -2.78. The van der Waals surface area contributed by atoms with Crippen molar-refractivity contribution in [3.05, 3.63) is 36.5 Å². The Morgan fingerprint density at radius 1 is 0.972 bits per heavy atom. The number of rotatable bonds is 8. The van der Waals surface area contributed by atoms with Crippen molar-refractivity contribution in [1.82, 2.24) is 0 Å². The van der Waals surface area contributed by atoms with Crippen LogP contribution in [-0.4, -0.2) is 51.2 Å². The zero-order chi connectivity index (χ0) is 27.2. The molecule has 1 N–H and O–H groups in total. The molecule has 1 aliphatic heterocycles. The number of allylic oxidation sites excluding steroid dienone is 6. The lowest BCUT2D eigenvalue weighted by atomic mass is 9.38. The normalized spacial score (nSPS) is 40.7. The fraction of sp³-hybridized carbons (Fsp3) is 0.571. The Hall–Kier alpha value is -3.00. The van der Waals surface area contributed by atoms with Crippen LogP contribution in [0, 0.1) is 35.0 Å². The van der Waals surface area contributed by atoms with E-state index in [9.17, 15) is 33.9 Å². The first kappa shape index (κ1) is 27.6. The van der Waals surface area contributed by atoms with Gasteiger partial charge in [0.25, 0.3) is 0 Å². The summed E-state index contributed by atoms with van der Waals surface area (Å²) in [7, 11) is 0. The third-order valence-electron chi connectivity index (χ3n) is 8.30. The monoisotopic (exact) mass is 498 g/mol. The highest BCUT2D eigenvalue weighted by Gasteiger charge is 2.79. The van der Waals surface area contributed by atoms with E-state index in [0.29, 0.717) is 6.42 Å². The summed E-state index contributed by atoms with van der Waals surface area (Å²) in [4.78, 5) is 80.3. The van der Waals surface area contributed by atoms with Crippen molar-refractivity contribution < 1.29 is 38.6 Å². The smallest absolute Gasteiger partial charge is 0.317 e. The number of fused-ring (bicyclic) bond motifs is 3. The van der Waals surface area contributed by atoms with Gasteiger partial charge in [0.05, 0.1) is 11.3 Å². The van der Waals surface area contributed by atoms with Crippen molar-refractivity contribution in [3.8, 4) is 0 Å². The van der Waals surface area contributed by atoms with Crippen molar-refractivity contribution in [2.45, 2.75) is 65.6 Å². The van der Waals surface area contributed by atoms with Crippen molar-refractivity contribution in [2.75, 3.05) is 0 Å². The summed E-state index contributed by atoms with van der Waals surface area (Å²) >= 11 is 0. The molecule has 8 atom stereocenters. The Morgan fingerprint density at radius 2 is 1.61 bits per heavy atom. The lowest BCUT2D eigenvalue weighted by Gasteiger charge is -2.62. The molecule has 0 amide bonds. The summed E-state index contributed by atoms with van der Waals surface area (Å²) in [5, 5.41) is 11.5. The molecule has 2 bridgehead atoms. The minimum atomic E-state index is -2.22. The van der Waals surface area contributed by atoms with Crippen molar-refractivity contribution in [2.24, 2.45) is 35.0 Å². The zero-order valence-corrected chi connectivity index (χ0v) is 21.6. The number of esters is 1. The first-order valence-corrected chi connectivity index (χ1v) is 12.3. The number of ether oxygens (including phenoxy) is 1. The van der Waals surface area contributed by atoms with Crippen LogP contribution < -0.4 is 0 Å². The number of hydrogen-bond acceptors (Lipinski definition) is 8. The van der Waals surface area contributed by atoms with Crippen LogP contribution in [-0.2, 0) is 33.5 Å². The molecular formula is C28H34O8. The molecule has 0 aromatic rings. The molecule has 4 rings (SSSR count). The van der Waals surface area contributed by atoms with Crippen LogP contribution >= 0.6 is 0 Å². The first-order valence-electron chi connectivity index (χ1n) is 12.3. The predicted octanol–water partition coefficient (Wildman–Crippen LogP) is 2.52. The van der Waals surface area contributed by atoms with E-state index in [1.807, 2.05) is 0 Å². The maximum Gasteiger partial charge on any atom is 0.317 e. The highest BCUT2D eigenvalue weighted by atomic mass is 16.6. The van der Waals surface area contributed by atoms with Gasteiger partial charge in [-0.1, -0.05) is 30.4 Å². The quantitative estimate of drug-likeness (QED) is 0.178. The van der Waals surface area contributed by atoms with Crippen LogP contribution in [0.1, 0.15) is 54.4 Å². The number of carbonyl (C=O) groups excluding carboxylic acids is 6. The van der Waals surface area contributed by atoms with Crippen LogP contribution in [0.4, 0.5) is 0 Å². The summed E-state index contributed by atoms with van der Waals surface area (Å²) in [6.07, 6.45) is 9.73. The average Bonchev–Trinajstić information content (AvgIpc) is 3.01. The fourth-order valence-electron chi connectivity index (χ4n) is 6.54. The molecule has 4 aliphatic rings. The van der Waals surface area contributed by atoms with Gasteiger partial charge in [0.2, 0.25) is 0 Å². The van der Waals surface area contributed by atoms with Gasteiger partial charge >= 0.3 is 5.97 Å². The number of aliphatic hydroxyl groups is 1. The number of Topliss-reactive ketones (excluding diaryl/α,β-unsaturated/α-hetero) is 4. The molecular weight excluding hydrogens is 464 g/mol. The molecule has 8 nitrogen and oxygen atoms in total. The number of carbonyl (C=O) groups is 6. The molecule has 8 heteroatoms. The molecule has 4 fully saturated rings. The van der Waals surface area contributed by atoms with E-state index in [1.54, 1.807) is 38.2 Å². The SMILES string of the molecule is C/C=C/C=C/C(=O)C1C(=O)[C@@]2(C)C(=O)[C@@](C)(O)[C@H]1[C@H]([C@@]1(C)OC(=O)C(C)C1=O)[C@H]2C(=O)CC/C=C/C. The molecule has 0 radical (unpaired) electrons. The van der Waals surface area contributed by atoms with E-state index in [2.05, 4.69) is 0 Å². The Balaban J connectivity index is 2.29. The van der Waals surface area contributed by atoms with Crippen LogP contribution in [0.25, 0.3) is 0 Å². The molecule has 3 aliphatic carbocycles. The van der Waals surface area contributed by atoms with Crippen LogP contribution in [0.3, 0.4) is 0 Å². The third kappa shape index (κ3) is 3.77. The molecule has 1 saturated heterocycles. The second kappa shape index (κ2) is 9.47. The third-order valence-corrected chi connectivity index (χ3v) is 8.30. The molecule has 194 valence electrons. The molecule has 0 aromatic heterocycles. The van der Waals surface area contributed by atoms with E-state index in [4.69, 9.17) is 4.74 Å². The van der Waals surface area contributed by atoms with Crippen molar-refractivity contribution in [3.63, 3.8) is 0 Å². The largest absolute Gasteiger partial charge is 0.450 e. The van der Waals surface area contributed by atoms with Gasteiger partial charge in [-0.2, -0.15) is 0 Å². The fourth-order valence-corrected chi connectivity index (χ4v) is 6.54. The van der Waals surface area contributed by atoms with Gasteiger partial charge in [-0.15, -0.1) is 0 Å². The lowest BCUT2D eigenvalue weighted by molar-refractivity contribution is -0.220. The minimum Gasteiger partial charge on any atom is -0.450 e. The second-order valence-electron chi connectivity index (χ2n) is 10.5. The maximum atomic E-state index is 13.8. The Labute approximate surface area is 210 Å². The minimum absolute atomic E-state index is 0.0237. The Morgan fingerprint density at radius 3 is 2.14 bits per heavy atom. The molecule has 1 heterocycles. The second-order valence-corrected chi connectivity index (χ2v) is 10.5. The van der Waals surface area contributed by atoms with Crippen molar-refractivity contribution >= 4 is 34.9 Å². The summed E-state index contributed by atoms with van der Waals surface area (Å²) in [5.74, 6) is -10.8. The molecule has 3 saturated carbocycles. The van der Waals surface area contributed by atoms with Crippen molar-refractivity contribution in [1.29, 1.82) is 0 Å². The predicted molar refractivity (Wildman–Crippen MR) is 129 cm³/mol. The summed E-state index contributed by atoms with van der Waals surface area (Å²) in [6, 6.07) is 0. The molecule has 36 heavy (non-hydrogen) atoms. The van der Waals surface area contributed by atoms with Crippen LogP contribution in [0.5, 0.6) is 0 Å². The number of ketones is 5.